The molecular weight excluding hydrogens is 226 g/mol. The highest BCUT2D eigenvalue weighted by Crippen LogP contribution is 2.08. The van der Waals surface area contributed by atoms with E-state index in [0.717, 1.165) is 30.8 Å². The maximum Gasteiger partial charge on any atom is 0.120 e. The van der Waals surface area contributed by atoms with Crippen molar-refractivity contribution in [1.29, 1.82) is 0 Å². The van der Waals surface area contributed by atoms with Crippen LogP contribution < -0.4 is 5.32 Å². The molecule has 0 aliphatic rings. The molecule has 2 rings (SSSR count). The molecule has 96 valence electrons. The van der Waals surface area contributed by atoms with Gasteiger partial charge in [0, 0.05) is 0 Å². The Morgan fingerprint density at radius 3 is 2.44 bits per heavy atom. The lowest BCUT2D eigenvalue weighted by atomic mass is 10.1. The summed E-state index contributed by atoms with van der Waals surface area (Å²) in [5.74, 6) is 1.01. The summed E-state index contributed by atoms with van der Waals surface area (Å²) in [6, 6.07) is 10.0. The van der Waals surface area contributed by atoms with Crippen molar-refractivity contribution in [2.24, 2.45) is 0 Å². The predicted molar refractivity (Wildman–Crippen MR) is 71.2 cm³/mol. The largest absolute Gasteiger partial charge is 0.468 e. The number of furan rings is 1. The average Bonchev–Trinajstić information content (AvgIpc) is 2.81. The van der Waals surface area contributed by atoms with E-state index < -0.39 is 0 Å². The van der Waals surface area contributed by atoms with E-state index in [-0.39, 0.29) is 6.61 Å². The molecule has 18 heavy (non-hydrogen) atoms. The van der Waals surface area contributed by atoms with E-state index in [2.05, 4.69) is 17.4 Å². The van der Waals surface area contributed by atoms with Gasteiger partial charge in [0.25, 0.3) is 0 Å². The van der Waals surface area contributed by atoms with Gasteiger partial charge in [0.1, 0.15) is 5.76 Å². The SMILES string of the molecule is Cc1ccoc1CNCCc1ccc(CO)cc1. The molecule has 0 aliphatic carbocycles. The molecule has 2 aromatic rings. The fourth-order valence-corrected chi connectivity index (χ4v) is 1.83. The number of nitrogens with one attached hydrogen (secondary N) is 1. The molecule has 1 heterocycles. The first-order valence-corrected chi connectivity index (χ1v) is 6.22. The predicted octanol–water partition coefficient (Wildman–Crippen LogP) is 2.41. The molecular formula is C15H19NO2. The Balaban J connectivity index is 1.73. The Hall–Kier alpha value is -1.58. The van der Waals surface area contributed by atoms with Crippen molar-refractivity contribution in [3.63, 3.8) is 0 Å². The van der Waals surface area contributed by atoms with Crippen LogP contribution in [0.25, 0.3) is 0 Å². The van der Waals surface area contributed by atoms with Gasteiger partial charge in [0.2, 0.25) is 0 Å². The van der Waals surface area contributed by atoms with Crippen molar-refractivity contribution in [1.82, 2.24) is 5.32 Å². The minimum absolute atomic E-state index is 0.107. The number of hydrogen-bond acceptors (Lipinski definition) is 3. The Morgan fingerprint density at radius 2 is 1.83 bits per heavy atom. The number of rotatable bonds is 6. The van der Waals surface area contributed by atoms with Crippen molar-refractivity contribution >= 4 is 0 Å². The Morgan fingerprint density at radius 1 is 1.11 bits per heavy atom. The molecule has 0 aliphatic heterocycles. The van der Waals surface area contributed by atoms with E-state index in [1.807, 2.05) is 25.1 Å². The van der Waals surface area contributed by atoms with E-state index in [9.17, 15) is 0 Å². The second kappa shape index (κ2) is 6.38. The van der Waals surface area contributed by atoms with Gasteiger partial charge in [-0.05, 0) is 42.6 Å². The lowest BCUT2D eigenvalue weighted by Gasteiger charge is -2.05. The molecule has 0 saturated carbocycles. The maximum absolute atomic E-state index is 8.95. The van der Waals surface area contributed by atoms with Crippen LogP contribution in [0.4, 0.5) is 0 Å². The van der Waals surface area contributed by atoms with Crippen molar-refractivity contribution in [2.45, 2.75) is 26.5 Å². The van der Waals surface area contributed by atoms with Gasteiger partial charge >= 0.3 is 0 Å². The summed E-state index contributed by atoms with van der Waals surface area (Å²) >= 11 is 0. The van der Waals surface area contributed by atoms with Gasteiger partial charge < -0.3 is 14.8 Å². The molecule has 0 bridgehead atoms. The highest BCUT2D eigenvalue weighted by Gasteiger charge is 2.00. The molecule has 1 aromatic heterocycles. The summed E-state index contributed by atoms with van der Waals surface area (Å²) < 4.78 is 5.36. The molecule has 0 unspecified atom stereocenters. The van der Waals surface area contributed by atoms with Crippen LogP contribution in [0, 0.1) is 6.92 Å². The first-order valence-electron chi connectivity index (χ1n) is 6.22. The van der Waals surface area contributed by atoms with E-state index in [1.54, 1.807) is 6.26 Å². The summed E-state index contributed by atoms with van der Waals surface area (Å²) in [7, 11) is 0. The van der Waals surface area contributed by atoms with Gasteiger partial charge in [0.15, 0.2) is 0 Å². The fourth-order valence-electron chi connectivity index (χ4n) is 1.83. The number of aliphatic hydroxyl groups excluding tert-OH is 1. The zero-order chi connectivity index (χ0) is 12.8. The van der Waals surface area contributed by atoms with Crippen LogP contribution in [-0.4, -0.2) is 11.7 Å². The van der Waals surface area contributed by atoms with Crippen LogP contribution in [0.2, 0.25) is 0 Å². The Bertz CT molecular complexity index is 473. The van der Waals surface area contributed by atoms with Crippen LogP contribution in [0.15, 0.2) is 41.0 Å². The first kappa shape index (κ1) is 12.9. The molecule has 2 N–H and O–H groups in total. The monoisotopic (exact) mass is 245 g/mol. The quantitative estimate of drug-likeness (QED) is 0.768. The third kappa shape index (κ3) is 3.45. The van der Waals surface area contributed by atoms with E-state index in [4.69, 9.17) is 9.52 Å². The average molecular weight is 245 g/mol. The smallest absolute Gasteiger partial charge is 0.120 e. The molecule has 3 heteroatoms. The fraction of sp³-hybridized carbons (Fsp3) is 0.333. The molecule has 0 spiro atoms. The second-order valence-corrected chi connectivity index (χ2v) is 4.43. The highest BCUT2D eigenvalue weighted by atomic mass is 16.3. The molecule has 0 radical (unpaired) electrons. The molecule has 0 saturated heterocycles. The van der Waals surface area contributed by atoms with Crippen molar-refractivity contribution in [2.75, 3.05) is 6.54 Å². The van der Waals surface area contributed by atoms with Crippen molar-refractivity contribution < 1.29 is 9.52 Å². The lowest BCUT2D eigenvalue weighted by Crippen LogP contribution is -2.16. The number of aryl methyl sites for hydroxylation is 1. The van der Waals surface area contributed by atoms with Crippen LogP contribution >= 0.6 is 0 Å². The summed E-state index contributed by atoms with van der Waals surface area (Å²) in [6.45, 7) is 3.84. The Kier molecular flexibility index (Phi) is 4.56. The van der Waals surface area contributed by atoms with Gasteiger partial charge in [-0.2, -0.15) is 0 Å². The summed E-state index contributed by atoms with van der Waals surface area (Å²) in [4.78, 5) is 0. The molecule has 0 fully saturated rings. The number of aliphatic hydroxyl groups is 1. The summed E-state index contributed by atoms with van der Waals surface area (Å²) in [6.07, 6.45) is 2.70. The Labute approximate surface area is 107 Å². The van der Waals surface area contributed by atoms with E-state index >= 15 is 0 Å². The van der Waals surface area contributed by atoms with Gasteiger partial charge in [-0.3, -0.25) is 0 Å². The second-order valence-electron chi connectivity index (χ2n) is 4.43. The first-order chi connectivity index (χ1) is 8.79. The summed E-state index contributed by atoms with van der Waals surface area (Å²) in [5, 5.41) is 12.3. The molecule has 1 aromatic carbocycles. The summed E-state index contributed by atoms with van der Waals surface area (Å²) in [5.41, 5.74) is 3.42. The molecule has 3 nitrogen and oxygen atoms in total. The van der Waals surface area contributed by atoms with Crippen molar-refractivity contribution in [3.05, 3.63) is 59.0 Å². The number of benzene rings is 1. The van der Waals surface area contributed by atoms with E-state index in [0.29, 0.717) is 0 Å². The number of hydrogen-bond donors (Lipinski definition) is 2. The van der Waals surface area contributed by atoms with Gasteiger partial charge in [-0.25, -0.2) is 0 Å². The zero-order valence-corrected chi connectivity index (χ0v) is 10.6. The van der Waals surface area contributed by atoms with Crippen LogP contribution in [0.5, 0.6) is 0 Å². The van der Waals surface area contributed by atoms with Crippen molar-refractivity contribution in [3.8, 4) is 0 Å². The van der Waals surface area contributed by atoms with E-state index in [1.165, 1.54) is 11.1 Å². The van der Waals surface area contributed by atoms with Gasteiger partial charge in [0.05, 0.1) is 19.4 Å². The van der Waals surface area contributed by atoms with Crippen LogP contribution in [-0.2, 0) is 19.6 Å². The lowest BCUT2D eigenvalue weighted by molar-refractivity contribution is 0.282. The third-order valence-corrected chi connectivity index (χ3v) is 3.05. The zero-order valence-electron chi connectivity index (χ0n) is 10.6. The normalized spacial score (nSPS) is 10.8. The molecule has 0 atom stereocenters. The van der Waals surface area contributed by atoms with Gasteiger partial charge in [-0.15, -0.1) is 0 Å². The topological polar surface area (TPSA) is 45.4 Å². The minimum Gasteiger partial charge on any atom is -0.468 e. The molecule has 0 amide bonds. The minimum atomic E-state index is 0.107. The van der Waals surface area contributed by atoms with Gasteiger partial charge in [-0.1, -0.05) is 24.3 Å². The third-order valence-electron chi connectivity index (χ3n) is 3.05. The van der Waals surface area contributed by atoms with Crippen LogP contribution in [0.1, 0.15) is 22.5 Å². The highest BCUT2D eigenvalue weighted by molar-refractivity contribution is 5.22. The standard InChI is InChI=1S/C15H19NO2/c1-12-7-9-18-15(12)10-16-8-6-13-2-4-14(11-17)5-3-13/h2-5,7,9,16-17H,6,8,10-11H2,1H3. The van der Waals surface area contributed by atoms with Crippen LogP contribution in [0.3, 0.4) is 0 Å². The maximum atomic E-state index is 8.95.